The highest BCUT2D eigenvalue weighted by molar-refractivity contribution is 6.06. The summed E-state index contributed by atoms with van der Waals surface area (Å²) < 4.78 is 10.3. The molecule has 0 heterocycles. The molecule has 0 aliphatic rings. The average Bonchev–Trinajstić information content (AvgIpc) is 2.21. The zero-order valence-corrected chi connectivity index (χ0v) is 15.3. The molecule has 0 spiro atoms. The minimum atomic E-state index is -2.19. The van der Waals surface area contributed by atoms with Gasteiger partial charge in [-0.05, 0) is 53.9 Å². The normalized spacial score (nSPS) is 14.8. The van der Waals surface area contributed by atoms with Crippen LogP contribution in [0.1, 0.15) is 61.8 Å². The maximum atomic E-state index is 12.5. The summed E-state index contributed by atoms with van der Waals surface area (Å²) in [7, 11) is 0. The van der Waals surface area contributed by atoms with Crippen LogP contribution in [0, 0.1) is 5.92 Å². The number of esters is 1. The molecule has 0 saturated heterocycles. The number of carbonyl (C=O) groups is 3. The lowest BCUT2D eigenvalue weighted by Gasteiger charge is -2.33. The minimum Gasteiger partial charge on any atom is -0.479 e. The zero-order chi connectivity index (χ0) is 18.6. The number of hydrogen-bond donors (Lipinski definition) is 2. The monoisotopic (exact) mass is 331 g/mol. The van der Waals surface area contributed by atoms with Crippen molar-refractivity contribution in [2.75, 3.05) is 0 Å². The van der Waals surface area contributed by atoms with Crippen molar-refractivity contribution < 1.29 is 29.0 Å². The molecule has 0 aromatic rings. The van der Waals surface area contributed by atoms with E-state index in [-0.39, 0.29) is 12.3 Å². The number of aliphatic carboxylic acids is 1. The van der Waals surface area contributed by atoms with Crippen LogP contribution in [-0.4, -0.2) is 39.9 Å². The van der Waals surface area contributed by atoms with Crippen molar-refractivity contribution in [2.45, 2.75) is 78.6 Å². The Hall–Kier alpha value is -1.79. The van der Waals surface area contributed by atoms with E-state index in [1.807, 2.05) is 0 Å². The molecule has 1 atom stereocenters. The van der Waals surface area contributed by atoms with E-state index in [1.165, 1.54) is 0 Å². The molecule has 0 aliphatic carbocycles. The first-order chi connectivity index (χ1) is 10.1. The van der Waals surface area contributed by atoms with Crippen LogP contribution in [0.2, 0.25) is 0 Å². The van der Waals surface area contributed by atoms with Crippen molar-refractivity contribution in [1.82, 2.24) is 5.32 Å². The molecule has 7 nitrogen and oxygen atoms in total. The van der Waals surface area contributed by atoms with E-state index in [4.69, 9.17) is 9.47 Å². The summed E-state index contributed by atoms with van der Waals surface area (Å²) in [4.78, 5) is 36.3. The average molecular weight is 331 g/mol. The van der Waals surface area contributed by atoms with Crippen LogP contribution < -0.4 is 5.32 Å². The quantitative estimate of drug-likeness (QED) is 0.593. The molecule has 0 aromatic carbocycles. The molecule has 2 N–H and O–H groups in total. The van der Waals surface area contributed by atoms with E-state index in [9.17, 15) is 19.5 Å². The second kappa shape index (κ2) is 7.19. The number of ether oxygens (including phenoxy) is 2. The molecule has 0 rings (SSSR count). The molecule has 0 bridgehead atoms. The third kappa shape index (κ3) is 7.34. The van der Waals surface area contributed by atoms with Gasteiger partial charge in [-0.3, -0.25) is 5.32 Å². The maximum absolute atomic E-state index is 12.5. The van der Waals surface area contributed by atoms with E-state index in [2.05, 4.69) is 5.32 Å². The van der Waals surface area contributed by atoms with Gasteiger partial charge in [-0.1, -0.05) is 13.8 Å². The third-order valence-corrected chi connectivity index (χ3v) is 2.54. The summed E-state index contributed by atoms with van der Waals surface area (Å²) in [5, 5.41) is 11.8. The highest BCUT2D eigenvalue weighted by Crippen LogP contribution is 2.23. The summed E-state index contributed by atoms with van der Waals surface area (Å²) in [5.41, 5.74) is -3.89. The fourth-order valence-corrected chi connectivity index (χ4v) is 1.87. The van der Waals surface area contributed by atoms with Gasteiger partial charge in [0.05, 0.1) is 0 Å². The van der Waals surface area contributed by atoms with E-state index >= 15 is 0 Å². The first-order valence-corrected chi connectivity index (χ1v) is 7.57. The molecule has 0 radical (unpaired) electrons. The number of carboxylic acids is 1. The molecule has 0 saturated carbocycles. The van der Waals surface area contributed by atoms with Crippen LogP contribution >= 0.6 is 0 Å². The Morgan fingerprint density at radius 1 is 0.957 bits per heavy atom. The zero-order valence-electron chi connectivity index (χ0n) is 15.3. The van der Waals surface area contributed by atoms with Crippen molar-refractivity contribution in [3.63, 3.8) is 0 Å². The third-order valence-electron chi connectivity index (χ3n) is 2.54. The lowest BCUT2D eigenvalue weighted by molar-refractivity contribution is -0.172. The molecule has 23 heavy (non-hydrogen) atoms. The second-order valence-corrected chi connectivity index (χ2v) is 7.94. The number of rotatable bonds is 5. The van der Waals surface area contributed by atoms with Gasteiger partial charge in [0.15, 0.2) is 0 Å². The van der Waals surface area contributed by atoms with Crippen molar-refractivity contribution in [1.29, 1.82) is 0 Å². The Kier molecular flexibility index (Phi) is 6.63. The highest BCUT2D eigenvalue weighted by Gasteiger charge is 2.51. The second-order valence-electron chi connectivity index (χ2n) is 7.94. The van der Waals surface area contributed by atoms with Crippen molar-refractivity contribution in [3.8, 4) is 0 Å². The predicted molar refractivity (Wildman–Crippen MR) is 85.0 cm³/mol. The van der Waals surface area contributed by atoms with Crippen LogP contribution in [0.4, 0.5) is 4.79 Å². The van der Waals surface area contributed by atoms with E-state index < -0.39 is 34.8 Å². The van der Waals surface area contributed by atoms with Gasteiger partial charge in [0.25, 0.3) is 0 Å². The van der Waals surface area contributed by atoms with Gasteiger partial charge in [0, 0.05) is 0 Å². The van der Waals surface area contributed by atoms with Gasteiger partial charge in [-0.25, -0.2) is 14.4 Å². The molecular weight excluding hydrogens is 302 g/mol. The van der Waals surface area contributed by atoms with E-state index in [0.717, 1.165) is 0 Å². The van der Waals surface area contributed by atoms with Gasteiger partial charge in [-0.15, -0.1) is 0 Å². The maximum Gasteiger partial charge on any atom is 0.409 e. The standard InChI is InChI=1S/C16H29NO6/c1-10(2)9-16(11(18)19,12(20)22-14(3,4)5)17-13(21)23-15(6,7)8/h10H,9H2,1-8H3,(H,17,21)(H,18,19)/t16-/m0/s1. The topological polar surface area (TPSA) is 102 Å². The molecular formula is C16H29NO6. The molecule has 7 heteroatoms. The molecule has 134 valence electrons. The summed E-state index contributed by atoms with van der Waals surface area (Å²) in [6.07, 6.45) is -1.09. The lowest BCUT2D eigenvalue weighted by atomic mass is 9.88. The van der Waals surface area contributed by atoms with Crippen LogP contribution in [0.25, 0.3) is 0 Å². The van der Waals surface area contributed by atoms with Crippen molar-refractivity contribution in [2.24, 2.45) is 5.92 Å². The summed E-state index contributed by atoms with van der Waals surface area (Å²) >= 11 is 0. The largest absolute Gasteiger partial charge is 0.479 e. The minimum absolute atomic E-state index is 0.115. The van der Waals surface area contributed by atoms with Gasteiger partial charge >= 0.3 is 18.0 Å². The fraction of sp³-hybridized carbons (Fsp3) is 0.812. The SMILES string of the molecule is CC(C)C[C@](NC(=O)OC(C)(C)C)(C(=O)O)C(=O)OC(C)(C)C. The number of alkyl carbamates (subject to hydrolysis) is 1. The summed E-state index contributed by atoms with van der Waals surface area (Å²) in [6.45, 7) is 13.3. The Labute approximate surface area is 137 Å². The highest BCUT2D eigenvalue weighted by atomic mass is 16.6. The summed E-state index contributed by atoms with van der Waals surface area (Å²) in [5.74, 6) is -2.67. The summed E-state index contributed by atoms with van der Waals surface area (Å²) in [6, 6.07) is 0. The Morgan fingerprint density at radius 2 is 1.39 bits per heavy atom. The molecule has 0 unspecified atom stereocenters. The Balaban J connectivity index is 5.63. The van der Waals surface area contributed by atoms with Crippen LogP contribution in [0.3, 0.4) is 0 Å². The first kappa shape index (κ1) is 21.2. The Morgan fingerprint density at radius 3 is 1.70 bits per heavy atom. The molecule has 1 amide bonds. The Bertz CT molecular complexity index is 458. The fourth-order valence-electron chi connectivity index (χ4n) is 1.87. The van der Waals surface area contributed by atoms with Gasteiger partial charge in [0.2, 0.25) is 5.54 Å². The lowest BCUT2D eigenvalue weighted by Crippen LogP contribution is -2.62. The number of hydrogen-bond acceptors (Lipinski definition) is 5. The van der Waals surface area contributed by atoms with Crippen LogP contribution in [0.15, 0.2) is 0 Å². The van der Waals surface area contributed by atoms with Crippen molar-refractivity contribution >= 4 is 18.0 Å². The molecule has 0 aliphatic heterocycles. The van der Waals surface area contributed by atoms with Gasteiger partial charge in [-0.2, -0.15) is 0 Å². The van der Waals surface area contributed by atoms with Gasteiger partial charge < -0.3 is 14.6 Å². The molecule has 0 fully saturated rings. The van der Waals surface area contributed by atoms with Crippen molar-refractivity contribution in [3.05, 3.63) is 0 Å². The number of nitrogens with one attached hydrogen (secondary N) is 1. The van der Waals surface area contributed by atoms with Crippen LogP contribution in [0.5, 0.6) is 0 Å². The first-order valence-electron chi connectivity index (χ1n) is 7.57. The van der Waals surface area contributed by atoms with E-state index in [1.54, 1.807) is 55.4 Å². The van der Waals surface area contributed by atoms with E-state index in [0.29, 0.717) is 0 Å². The van der Waals surface area contributed by atoms with Crippen LogP contribution in [-0.2, 0) is 19.1 Å². The number of carbonyl (C=O) groups excluding carboxylic acids is 2. The molecule has 0 aromatic heterocycles. The number of carboxylic acid groups (broad SMARTS) is 1. The van der Waals surface area contributed by atoms with Gasteiger partial charge in [0.1, 0.15) is 11.2 Å². The predicted octanol–water partition coefficient (Wildman–Crippen LogP) is 2.72. The number of amides is 1. The smallest absolute Gasteiger partial charge is 0.409 e.